The second kappa shape index (κ2) is 13.5. The van der Waals surface area contributed by atoms with Crippen molar-refractivity contribution in [2.24, 2.45) is 5.92 Å². The van der Waals surface area contributed by atoms with Crippen LogP contribution in [0.25, 0.3) is 0 Å². The van der Waals surface area contributed by atoms with Crippen molar-refractivity contribution >= 4 is 11.7 Å². The highest BCUT2D eigenvalue weighted by Crippen LogP contribution is 2.39. The van der Waals surface area contributed by atoms with Crippen molar-refractivity contribution in [2.45, 2.75) is 46.3 Å². The summed E-state index contributed by atoms with van der Waals surface area (Å²) in [5.74, 6) is 0.382. The van der Waals surface area contributed by atoms with Gasteiger partial charge in [0.2, 0.25) is 0 Å². The Bertz CT molecular complexity index is 1240. The van der Waals surface area contributed by atoms with Crippen molar-refractivity contribution in [3.05, 3.63) is 89.0 Å². The summed E-state index contributed by atoms with van der Waals surface area (Å²) in [5.41, 5.74) is 1.97. The SMILES string of the molecule is CCOc1cc(C(C)(Nc2ccc(C#N)cc2)C(=O)O)c(OCCOCc2ccccc2)cc1CC(C)C. The molecule has 0 aliphatic carbocycles. The lowest BCUT2D eigenvalue weighted by Gasteiger charge is -2.31. The second-order valence-electron chi connectivity index (χ2n) is 9.62. The van der Waals surface area contributed by atoms with Crippen molar-refractivity contribution in [1.29, 1.82) is 5.26 Å². The average Bonchev–Trinajstić information content (AvgIpc) is 2.90. The number of carbonyl (C=O) groups is 1. The van der Waals surface area contributed by atoms with Crippen LogP contribution in [-0.4, -0.2) is 30.9 Å². The Labute approximate surface area is 225 Å². The minimum absolute atomic E-state index is 0.251. The van der Waals surface area contributed by atoms with Gasteiger partial charge in [-0.25, -0.2) is 4.79 Å². The molecule has 1 unspecified atom stereocenters. The number of ether oxygens (including phenoxy) is 3. The number of carboxylic acid groups (broad SMARTS) is 1. The van der Waals surface area contributed by atoms with Crippen LogP contribution in [0, 0.1) is 17.2 Å². The second-order valence-corrected chi connectivity index (χ2v) is 9.62. The number of nitrogens with one attached hydrogen (secondary N) is 1. The predicted octanol–water partition coefficient (Wildman–Crippen LogP) is 6.16. The molecule has 0 heterocycles. The maximum atomic E-state index is 12.7. The summed E-state index contributed by atoms with van der Waals surface area (Å²) in [6, 6.07) is 22.3. The van der Waals surface area contributed by atoms with Gasteiger partial charge in [-0.05, 0) is 73.7 Å². The first-order valence-corrected chi connectivity index (χ1v) is 12.8. The van der Waals surface area contributed by atoms with Gasteiger partial charge in [-0.3, -0.25) is 0 Å². The molecule has 0 amide bonds. The maximum absolute atomic E-state index is 12.7. The molecule has 0 spiro atoms. The predicted molar refractivity (Wildman–Crippen MR) is 148 cm³/mol. The van der Waals surface area contributed by atoms with E-state index in [1.54, 1.807) is 37.3 Å². The molecule has 0 saturated carbocycles. The van der Waals surface area contributed by atoms with Gasteiger partial charge in [0.1, 0.15) is 18.1 Å². The summed E-state index contributed by atoms with van der Waals surface area (Å²) in [5, 5.41) is 22.7. The highest BCUT2D eigenvalue weighted by molar-refractivity contribution is 5.85. The average molecular weight is 517 g/mol. The molecular weight excluding hydrogens is 480 g/mol. The van der Waals surface area contributed by atoms with Crippen molar-refractivity contribution in [1.82, 2.24) is 0 Å². The molecule has 3 rings (SSSR count). The minimum Gasteiger partial charge on any atom is -0.494 e. The van der Waals surface area contributed by atoms with Crippen LogP contribution in [-0.2, 0) is 28.1 Å². The van der Waals surface area contributed by atoms with Crippen LogP contribution in [0.15, 0.2) is 66.7 Å². The maximum Gasteiger partial charge on any atom is 0.333 e. The van der Waals surface area contributed by atoms with Gasteiger partial charge < -0.3 is 24.6 Å². The van der Waals surface area contributed by atoms with E-state index >= 15 is 0 Å². The molecular formula is C31H36N2O5. The number of nitrogens with zero attached hydrogens (tertiary/aromatic N) is 1. The van der Waals surface area contributed by atoms with Crippen LogP contribution in [0.2, 0.25) is 0 Å². The zero-order valence-electron chi connectivity index (χ0n) is 22.5. The van der Waals surface area contributed by atoms with E-state index in [1.807, 2.05) is 43.3 Å². The Hall–Kier alpha value is -4.02. The Morgan fingerprint density at radius 1 is 1.03 bits per heavy atom. The van der Waals surface area contributed by atoms with Gasteiger partial charge in [-0.1, -0.05) is 44.2 Å². The van der Waals surface area contributed by atoms with E-state index in [2.05, 4.69) is 25.2 Å². The molecule has 38 heavy (non-hydrogen) atoms. The van der Waals surface area contributed by atoms with E-state index in [-0.39, 0.29) is 6.61 Å². The molecule has 2 N–H and O–H groups in total. The molecule has 0 radical (unpaired) electrons. The highest BCUT2D eigenvalue weighted by Gasteiger charge is 2.39. The van der Waals surface area contributed by atoms with Gasteiger partial charge >= 0.3 is 5.97 Å². The summed E-state index contributed by atoms with van der Waals surface area (Å²) < 4.78 is 17.9. The number of benzene rings is 3. The van der Waals surface area contributed by atoms with E-state index in [0.717, 1.165) is 17.5 Å². The molecule has 0 aliphatic heterocycles. The van der Waals surface area contributed by atoms with Gasteiger partial charge in [0.05, 0.1) is 31.5 Å². The largest absolute Gasteiger partial charge is 0.494 e. The van der Waals surface area contributed by atoms with E-state index in [9.17, 15) is 9.90 Å². The van der Waals surface area contributed by atoms with Crippen LogP contribution < -0.4 is 14.8 Å². The number of hydrogen-bond donors (Lipinski definition) is 2. The summed E-state index contributed by atoms with van der Waals surface area (Å²) in [7, 11) is 0. The van der Waals surface area contributed by atoms with Crippen LogP contribution in [0.4, 0.5) is 5.69 Å². The normalized spacial score (nSPS) is 12.4. The third-order valence-corrected chi connectivity index (χ3v) is 6.06. The van der Waals surface area contributed by atoms with Crippen molar-refractivity contribution in [3.8, 4) is 17.6 Å². The Balaban J connectivity index is 1.93. The topological polar surface area (TPSA) is 101 Å². The van der Waals surface area contributed by atoms with Gasteiger partial charge in [0.25, 0.3) is 0 Å². The van der Waals surface area contributed by atoms with E-state index in [4.69, 9.17) is 19.5 Å². The van der Waals surface area contributed by atoms with Crippen LogP contribution >= 0.6 is 0 Å². The zero-order valence-corrected chi connectivity index (χ0v) is 22.5. The molecule has 0 aromatic heterocycles. The first kappa shape index (κ1) is 28.5. The molecule has 7 nitrogen and oxygen atoms in total. The quantitative estimate of drug-likeness (QED) is 0.247. The number of anilines is 1. The van der Waals surface area contributed by atoms with E-state index < -0.39 is 11.5 Å². The molecule has 0 bridgehead atoms. The van der Waals surface area contributed by atoms with Crippen LogP contribution in [0.1, 0.15) is 49.9 Å². The first-order chi connectivity index (χ1) is 18.3. The van der Waals surface area contributed by atoms with Crippen molar-refractivity contribution in [3.63, 3.8) is 0 Å². The summed E-state index contributed by atoms with van der Waals surface area (Å²) in [4.78, 5) is 12.7. The molecule has 200 valence electrons. The molecule has 3 aromatic carbocycles. The molecule has 7 heteroatoms. The van der Waals surface area contributed by atoms with Gasteiger partial charge in [-0.2, -0.15) is 5.26 Å². The van der Waals surface area contributed by atoms with Crippen molar-refractivity contribution < 1.29 is 24.1 Å². The summed E-state index contributed by atoms with van der Waals surface area (Å²) >= 11 is 0. The Kier molecular flexibility index (Phi) is 10.1. The zero-order chi connectivity index (χ0) is 27.5. The van der Waals surface area contributed by atoms with Crippen molar-refractivity contribution in [2.75, 3.05) is 25.1 Å². The Morgan fingerprint density at radius 2 is 1.74 bits per heavy atom. The molecule has 1 atom stereocenters. The fourth-order valence-electron chi connectivity index (χ4n) is 4.13. The fraction of sp³-hybridized carbons (Fsp3) is 0.355. The van der Waals surface area contributed by atoms with E-state index in [1.165, 1.54) is 0 Å². The van der Waals surface area contributed by atoms with E-state index in [0.29, 0.717) is 54.1 Å². The molecule has 0 aliphatic rings. The number of rotatable bonds is 14. The van der Waals surface area contributed by atoms with Crippen LogP contribution in [0.5, 0.6) is 11.5 Å². The van der Waals surface area contributed by atoms with Gasteiger partial charge in [-0.15, -0.1) is 0 Å². The number of nitriles is 1. The number of hydrogen-bond acceptors (Lipinski definition) is 6. The van der Waals surface area contributed by atoms with Gasteiger partial charge in [0.15, 0.2) is 5.54 Å². The molecule has 3 aromatic rings. The molecule has 0 saturated heterocycles. The van der Waals surface area contributed by atoms with Crippen LogP contribution in [0.3, 0.4) is 0 Å². The van der Waals surface area contributed by atoms with Gasteiger partial charge in [0, 0.05) is 11.3 Å². The summed E-state index contributed by atoms with van der Waals surface area (Å²) in [6.07, 6.45) is 0.753. The number of aliphatic carboxylic acids is 1. The smallest absolute Gasteiger partial charge is 0.333 e. The Morgan fingerprint density at radius 3 is 2.34 bits per heavy atom. The standard InChI is InChI=1S/C31H36N2O5/c1-5-37-28-19-27(31(4,30(34)35)33-26-13-11-23(20-32)12-14-26)29(18-25(28)17-22(2)3)38-16-15-36-21-24-9-7-6-8-10-24/h6-14,18-19,22,33H,5,15-17,21H2,1-4H3,(H,34,35). The third kappa shape index (κ3) is 7.50. The first-order valence-electron chi connectivity index (χ1n) is 12.8. The monoisotopic (exact) mass is 516 g/mol. The minimum atomic E-state index is -1.55. The fourth-order valence-corrected chi connectivity index (χ4v) is 4.13. The highest BCUT2D eigenvalue weighted by atomic mass is 16.5. The molecule has 0 fully saturated rings. The lowest BCUT2D eigenvalue weighted by Crippen LogP contribution is -2.41. The summed E-state index contributed by atoms with van der Waals surface area (Å²) in [6.45, 7) is 9.25. The third-order valence-electron chi connectivity index (χ3n) is 6.06. The lowest BCUT2D eigenvalue weighted by molar-refractivity contribution is -0.142. The number of carboxylic acids is 1. The lowest BCUT2D eigenvalue weighted by atomic mass is 9.88.